The van der Waals surface area contributed by atoms with Gasteiger partial charge < -0.3 is 4.74 Å². The molecule has 2 aromatic rings. The number of cyclic esters (lactones) is 1. The number of rotatable bonds is 6. The minimum Gasteiger partial charge on any atom is -0.447 e. The highest BCUT2D eigenvalue weighted by Gasteiger charge is 2.28. The van der Waals surface area contributed by atoms with Gasteiger partial charge in [-0.05, 0) is 0 Å². The fraction of sp³-hybridized carbons (Fsp3) is 0.250. The second-order valence-corrected chi connectivity index (χ2v) is 5.96. The number of hydrogen-bond donors (Lipinski definition) is 0. The van der Waals surface area contributed by atoms with Crippen molar-refractivity contribution in [2.24, 2.45) is 0 Å². The second-order valence-electron chi connectivity index (χ2n) is 5.02. The third kappa shape index (κ3) is 3.33. The first-order chi connectivity index (χ1) is 11.7. The minimum atomic E-state index is -0.585. The molecule has 1 fully saturated rings. The molecule has 2 heterocycles. The Hall–Kier alpha value is -2.61. The van der Waals surface area contributed by atoms with Gasteiger partial charge in [0.05, 0.1) is 12.3 Å². The van der Waals surface area contributed by atoms with Crippen LogP contribution in [0.5, 0.6) is 0 Å². The zero-order valence-corrected chi connectivity index (χ0v) is 13.7. The van der Waals surface area contributed by atoms with Crippen LogP contribution in [0.15, 0.2) is 48.1 Å². The average molecular weight is 344 g/mol. The Bertz CT molecular complexity index is 760. The van der Waals surface area contributed by atoms with Crippen molar-refractivity contribution in [3.63, 3.8) is 0 Å². The van der Waals surface area contributed by atoms with Crippen molar-refractivity contribution >= 4 is 23.8 Å². The molecule has 3 rings (SSSR count). The zero-order valence-electron chi connectivity index (χ0n) is 12.9. The van der Waals surface area contributed by atoms with Crippen LogP contribution >= 0.6 is 11.8 Å². The summed E-state index contributed by atoms with van der Waals surface area (Å²) >= 11 is 1.24. The van der Waals surface area contributed by atoms with Gasteiger partial charge in [0.25, 0.3) is 0 Å². The lowest BCUT2D eigenvalue weighted by atomic mass is 10.2. The van der Waals surface area contributed by atoms with E-state index < -0.39 is 6.09 Å². The largest absolute Gasteiger partial charge is 0.447 e. The lowest BCUT2D eigenvalue weighted by Gasteiger charge is -2.11. The van der Waals surface area contributed by atoms with E-state index in [1.165, 1.54) is 11.8 Å². The van der Waals surface area contributed by atoms with Crippen LogP contribution in [0.4, 0.5) is 4.79 Å². The molecule has 7 nitrogen and oxygen atoms in total. The van der Waals surface area contributed by atoms with Crippen LogP contribution in [0, 0.1) is 0 Å². The Balaban J connectivity index is 1.76. The standard InChI is InChI=1S/C16H16N4O3S/c1-2-8-20-14(12-6-4-3-5-7-12)17-18-15(20)24-11-13(21)19-9-10-23-16(19)22/h2-7H,1,8-11H2. The predicted molar refractivity (Wildman–Crippen MR) is 89.4 cm³/mol. The van der Waals surface area contributed by atoms with Crippen molar-refractivity contribution in [1.82, 2.24) is 19.7 Å². The SMILES string of the molecule is C=CCn1c(SCC(=O)N2CCOC2=O)nnc1-c1ccccc1. The van der Waals surface area contributed by atoms with Gasteiger partial charge in [-0.25, -0.2) is 9.69 Å². The topological polar surface area (TPSA) is 77.3 Å². The number of ether oxygens (including phenoxy) is 1. The van der Waals surface area contributed by atoms with Crippen molar-refractivity contribution in [2.45, 2.75) is 11.7 Å². The maximum Gasteiger partial charge on any atom is 0.416 e. The summed E-state index contributed by atoms with van der Waals surface area (Å²) in [7, 11) is 0. The highest BCUT2D eigenvalue weighted by molar-refractivity contribution is 7.99. The van der Waals surface area contributed by atoms with E-state index in [1.807, 2.05) is 34.9 Å². The van der Waals surface area contributed by atoms with E-state index in [0.29, 0.717) is 24.1 Å². The number of nitrogens with zero attached hydrogens (tertiary/aromatic N) is 4. The van der Waals surface area contributed by atoms with Gasteiger partial charge in [0.1, 0.15) is 6.61 Å². The first-order valence-corrected chi connectivity index (χ1v) is 8.38. The number of carbonyl (C=O) groups is 2. The molecule has 1 aromatic carbocycles. The van der Waals surface area contributed by atoms with E-state index in [1.54, 1.807) is 6.08 Å². The molecule has 0 saturated carbocycles. The summed E-state index contributed by atoms with van der Waals surface area (Å²) in [5, 5.41) is 9.00. The predicted octanol–water partition coefficient (Wildman–Crippen LogP) is 2.20. The Morgan fingerprint density at radius 3 is 2.79 bits per heavy atom. The molecule has 124 valence electrons. The Morgan fingerprint density at radius 2 is 2.12 bits per heavy atom. The van der Waals surface area contributed by atoms with E-state index in [2.05, 4.69) is 16.8 Å². The number of imide groups is 1. The fourth-order valence-electron chi connectivity index (χ4n) is 2.31. The highest BCUT2D eigenvalue weighted by Crippen LogP contribution is 2.24. The average Bonchev–Trinajstić information content (AvgIpc) is 3.20. The summed E-state index contributed by atoms with van der Waals surface area (Å²) in [6, 6.07) is 9.68. The van der Waals surface area contributed by atoms with Crippen LogP contribution in [0.1, 0.15) is 0 Å². The number of hydrogen-bond acceptors (Lipinski definition) is 6. The molecule has 0 aliphatic carbocycles. The molecule has 1 aromatic heterocycles. The lowest BCUT2D eigenvalue weighted by molar-refractivity contribution is -0.125. The summed E-state index contributed by atoms with van der Waals surface area (Å²) < 4.78 is 6.66. The Labute approximate surface area is 143 Å². The summed E-state index contributed by atoms with van der Waals surface area (Å²) in [6.07, 6.45) is 1.16. The zero-order chi connectivity index (χ0) is 16.9. The van der Waals surface area contributed by atoms with E-state index in [-0.39, 0.29) is 18.3 Å². The number of thioether (sulfide) groups is 1. The number of carbonyl (C=O) groups excluding carboxylic acids is 2. The molecule has 24 heavy (non-hydrogen) atoms. The summed E-state index contributed by atoms with van der Waals surface area (Å²) in [5.74, 6) is 0.516. The van der Waals surface area contributed by atoms with Crippen molar-refractivity contribution in [3.8, 4) is 11.4 Å². The van der Waals surface area contributed by atoms with Gasteiger partial charge in [-0.15, -0.1) is 16.8 Å². The number of aromatic nitrogens is 3. The molecular weight excluding hydrogens is 328 g/mol. The molecular formula is C16H16N4O3S. The molecule has 0 atom stereocenters. The quantitative estimate of drug-likeness (QED) is 0.591. The van der Waals surface area contributed by atoms with E-state index >= 15 is 0 Å². The maximum absolute atomic E-state index is 12.1. The van der Waals surface area contributed by atoms with Crippen molar-refractivity contribution < 1.29 is 14.3 Å². The number of benzene rings is 1. The van der Waals surface area contributed by atoms with E-state index in [9.17, 15) is 9.59 Å². The van der Waals surface area contributed by atoms with E-state index in [4.69, 9.17) is 4.74 Å². The minimum absolute atomic E-state index is 0.0964. The molecule has 0 unspecified atom stereocenters. The molecule has 1 saturated heterocycles. The maximum atomic E-state index is 12.1. The summed E-state index contributed by atoms with van der Waals surface area (Å²) in [4.78, 5) is 24.6. The van der Waals surface area contributed by atoms with Gasteiger partial charge in [0, 0.05) is 12.1 Å². The van der Waals surface area contributed by atoms with Gasteiger partial charge in [-0.2, -0.15) is 0 Å². The van der Waals surface area contributed by atoms with Gasteiger partial charge in [0.15, 0.2) is 11.0 Å². The molecule has 1 aliphatic heterocycles. The molecule has 0 radical (unpaired) electrons. The normalized spacial score (nSPS) is 13.8. The van der Waals surface area contributed by atoms with Crippen molar-refractivity contribution in [1.29, 1.82) is 0 Å². The fourth-order valence-corrected chi connectivity index (χ4v) is 3.14. The van der Waals surface area contributed by atoms with Crippen LogP contribution in [0.3, 0.4) is 0 Å². The van der Waals surface area contributed by atoms with Crippen LogP contribution in [0.25, 0.3) is 11.4 Å². The molecule has 0 bridgehead atoms. The monoisotopic (exact) mass is 344 g/mol. The van der Waals surface area contributed by atoms with Crippen molar-refractivity contribution in [2.75, 3.05) is 18.9 Å². The number of allylic oxidation sites excluding steroid dienone is 1. The molecule has 8 heteroatoms. The van der Waals surface area contributed by atoms with Gasteiger partial charge >= 0.3 is 6.09 Å². The third-order valence-corrected chi connectivity index (χ3v) is 4.40. The lowest BCUT2D eigenvalue weighted by Crippen LogP contribution is -2.33. The molecule has 1 aliphatic rings. The van der Waals surface area contributed by atoms with Gasteiger partial charge in [-0.1, -0.05) is 48.2 Å². The first-order valence-electron chi connectivity index (χ1n) is 7.40. The van der Waals surface area contributed by atoms with Crippen LogP contribution in [-0.2, 0) is 16.1 Å². The molecule has 0 spiro atoms. The van der Waals surface area contributed by atoms with Gasteiger partial charge in [0.2, 0.25) is 5.91 Å². The smallest absolute Gasteiger partial charge is 0.416 e. The van der Waals surface area contributed by atoms with E-state index in [0.717, 1.165) is 10.5 Å². The molecule has 2 amide bonds. The summed E-state index contributed by atoms with van der Waals surface area (Å²) in [6.45, 7) is 4.83. The van der Waals surface area contributed by atoms with Gasteiger partial charge in [-0.3, -0.25) is 9.36 Å². The molecule has 0 N–H and O–H groups in total. The summed E-state index contributed by atoms with van der Waals surface area (Å²) in [5.41, 5.74) is 0.938. The second kappa shape index (κ2) is 7.31. The van der Waals surface area contributed by atoms with Crippen LogP contribution in [-0.4, -0.2) is 50.6 Å². The highest BCUT2D eigenvalue weighted by atomic mass is 32.2. The van der Waals surface area contributed by atoms with Crippen LogP contribution < -0.4 is 0 Å². The first kappa shape index (κ1) is 16.3. The third-order valence-electron chi connectivity index (χ3n) is 3.45. The number of amides is 2. The van der Waals surface area contributed by atoms with Crippen LogP contribution in [0.2, 0.25) is 0 Å². The van der Waals surface area contributed by atoms with Crippen molar-refractivity contribution in [3.05, 3.63) is 43.0 Å². The Kier molecular flexibility index (Phi) is 4.95. The Morgan fingerprint density at radius 1 is 1.33 bits per heavy atom.